The minimum absolute atomic E-state index is 0.167. The van der Waals surface area contributed by atoms with Crippen LogP contribution < -0.4 is 10.5 Å². The first-order chi connectivity index (χ1) is 10.8. The molecular weight excluding hydrogens is 274 g/mol. The van der Waals surface area contributed by atoms with Crippen molar-refractivity contribution in [2.24, 2.45) is 5.73 Å². The highest BCUT2D eigenvalue weighted by molar-refractivity contribution is 5.91. The maximum atomic E-state index is 9.61. The van der Waals surface area contributed by atoms with E-state index in [1.807, 2.05) is 54.7 Å². The summed E-state index contributed by atoms with van der Waals surface area (Å²) in [6, 6.07) is 17.9. The summed E-state index contributed by atoms with van der Waals surface area (Å²) >= 11 is 0. The van der Waals surface area contributed by atoms with Crippen LogP contribution in [-0.4, -0.2) is 4.98 Å². The van der Waals surface area contributed by atoms with Gasteiger partial charge in [-0.1, -0.05) is 36.4 Å². The molecule has 1 atom stereocenters. The Morgan fingerprint density at radius 3 is 2.68 bits per heavy atom. The van der Waals surface area contributed by atoms with Crippen molar-refractivity contribution in [3.63, 3.8) is 0 Å². The van der Waals surface area contributed by atoms with Crippen LogP contribution in [0.1, 0.15) is 17.0 Å². The first-order valence-electron chi connectivity index (χ1n) is 7.02. The number of nitrogens with zero attached hydrogens (tertiary/aromatic N) is 1. The summed E-state index contributed by atoms with van der Waals surface area (Å²) < 4.78 is 5.76. The molecule has 0 aliphatic carbocycles. The van der Waals surface area contributed by atoms with Gasteiger partial charge >= 0.3 is 0 Å². The largest absolute Gasteiger partial charge is 0.440 e. The van der Waals surface area contributed by atoms with Crippen LogP contribution in [0.4, 0.5) is 0 Å². The first kappa shape index (κ1) is 12.5. The molecule has 22 heavy (non-hydrogen) atoms. The first-order valence-corrected chi connectivity index (χ1v) is 7.02. The molecule has 2 aromatic carbocycles. The van der Waals surface area contributed by atoms with E-state index >= 15 is 0 Å². The second-order valence-electron chi connectivity index (χ2n) is 5.26. The fourth-order valence-electron chi connectivity index (χ4n) is 3.07. The van der Waals surface area contributed by atoms with E-state index in [9.17, 15) is 5.26 Å². The minimum Gasteiger partial charge on any atom is -0.440 e. The molecule has 1 aromatic heterocycles. The average Bonchev–Trinajstić information content (AvgIpc) is 2.92. The number of H-pyrrole nitrogens is 1. The highest BCUT2D eigenvalue weighted by Gasteiger charge is 2.29. The van der Waals surface area contributed by atoms with E-state index in [4.69, 9.17) is 10.5 Å². The Bertz CT molecular complexity index is 932. The Kier molecular flexibility index (Phi) is 2.67. The molecular formula is C18H13N3O. The van der Waals surface area contributed by atoms with E-state index in [1.165, 1.54) is 0 Å². The summed E-state index contributed by atoms with van der Waals surface area (Å²) in [6.45, 7) is 0. The topological polar surface area (TPSA) is 74.8 Å². The zero-order valence-electron chi connectivity index (χ0n) is 11.7. The van der Waals surface area contributed by atoms with E-state index < -0.39 is 0 Å². The number of aromatic nitrogens is 1. The number of nitrogens with one attached hydrogen (secondary N) is 1. The molecule has 1 aliphatic heterocycles. The SMILES string of the molecule is N#CC1=C(N)Oc2cccc3[nH]cc(c23)C1c1ccccc1. The Labute approximate surface area is 127 Å². The van der Waals surface area contributed by atoms with Crippen LogP contribution in [0.15, 0.2) is 66.2 Å². The quantitative estimate of drug-likeness (QED) is 0.720. The molecule has 1 unspecified atom stereocenters. The fraction of sp³-hybridized carbons (Fsp3) is 0.0556. The Morgan fingerprint density at radius 2 is 1.91 bits per heavy atom. The van der Waals surface area contributed by atoms with Gasteiger partial charge in [0.15, 0.2) is 0 Å². The van der Waals surface area contributed by atoms with Gasteiger partial charge in [0.1, 0.15) is 17.4 Å². The van der Waals surface area contributed by atoms with E-state index in [2.05, 4.69) is 11.1 Å². The highest BCUT2D eigenvalue weighted by atomic mass is 16.5. The van der Waals surface area contributed by atoms with Crippen LogP contribution >= 0.6 is 0 Å². The standard InChI is InChI=1S/C18H13N3O/c19-9-12-16(11-5-2-1-3-6-11)13-10-21-14-7-4-8-15(17(13)14)22-18(12)20/h1-8,10,16,21H,20H2. The summed E-state index contributed by atoms with van der Waals surface area (Å²) in [4.78, 5) is 3.25. The Balaban J connectivity index is 2.08. The van der Waals surface area contributed by atoms with Gasteiger partial charge in [0, 0.05) is 17.1 Å². The number of ether oxygens (including phenoxy) is 1. The lowest BCUT2D eigenvalue weighted by Crippen LogP contribution is -2.12. The normalized spacial score (nSPS) is 17.0. The van der Waals surface area contributed by atoms with Gasteiger partial charge in [0.25, 0.3) is 0 Å². The van der Waals surface area contributed by atoms with Crippen molar-refractivity contribution in [2.45, 2.75) is 5.92 Å². The van der Waals surface area contributed by atoms with Gasteiger partial charge in [-0.2, -0.15) is 5.26 Å². The van der Waals surface area contributed by atoms with Crippen molar-refractivity contribution in [2.75, 3.05) is 0 Å². The molecule has 2 heterocycles. The van der Waals surface area contributed by atoms with Crippen LogP contribution in [0.2, 0.25) is 0 Å². The van der Waals surface area contributed by atoms with Crippen LogP contribution in [-0.2, 0) is 0 Å². The molecule has 0 saturated heterocycles. The molecule has 0 saturated carbocycles. The van der Waals surface area contributed by atoms with E-state index in [0.29, 0.717) is 11.3 Å². The average molecular weight is 287 g/mol. The van der Waals surface area contributed by atoms with Gasteiger partial charge < -0.3 is 15.5 Å². The molecule has 0 radical (unpaired) electrons. The molecule has 0 amide bonds. The third-order valence-electron chi connectivity index (χ3n) is 4.04. The van der Waals surface area contributed by atoms with Crippen LogP contribution in [0.25, 0.3) is 10.9 Å². The Morgan fingerprint density at radius 1 is 1.09 bits per heavy atom. The van der Waals surface area contributed by atoms with Crippen molar-refractivity contribution < 1.29 is 4.74 Å². The van der Waals surface area contributed by atoms with Crippen LogP contribution in [0.5, 0.6) is 5.75 Å². The monoisotopic (exact) mass is 287 g/mol. The molecule has 4 heteroatoms. The van der Waals surface area contributed by atoms with Crippen LogP contribution in [0, 0.1) is 11.3 Å². The maximum Gasteiger partial charge on any atom is 0.205 e. The molecule has 106 valence electrons. The van der Waals surface area contributed by atoms with Crippen molar-refractivity contribution in [3.8, 4) is 11.8 Å². The predicted molar refractivity (Wildman–Crippen MR) is 84.0 cm³/mol. The summed E-state index contributed by atoms with van der Waals surface area (Å²) in [6.07, 6.45) is 1.94. The molecule has 0 spiro atoms. The molecule has 0 fully saturated rings. The molecule has 4 rings (SSSR count). The summed E-state index contributed by atoms with van der Waals surface area (Å²) in [5.74, 6) is 0.612. The summed E-state index contributed by atoms with van der Waals surface area (Å²) in [7, 11) is 0. The predicted octanol–water partition coefficient (Wildman–Crippen LogP) is 3.39. The number of allylic oxidation sites excluding steroid dienone is 1. The summed E-state index contributed by atoms with van der Waals surface area (Å²) in [5, 5.41) is 10.6. The van der Waals surface area contributed by atoms with Gasteiger partial charge in [-0.25, -0.2) is 0 Å². The number of rotatable bonds is 1. The molecule has 0 bridgehead atoms. The molecule has 1 aliphatic rings. The maximum absolute atomic E-state index is 9.61. The number of nitriles is 1. The lowest BCUT2D eigenvalue weighted by atomic mass is 9.85. The lowest BCUT2D eigenvalue weighted by Gasteiger charge is -2.15. The van der Waals surface area contributed by atoms with E-state index in [-0.39, 0.29) is 11.8 Å². The van der Waals surface area contributed by atoms with Gasteiger partial charge in [-0.05, 0) is 23.3 Å². The van der Waals surface area contributed by atoms with Crippen molar-refractivity contribution in [3.05, 3.63) is 77.3 Å². The second kappa shape index (κ2) is 4.68. The third kappa shape index (κ3) is 1.69. The fourth-order valence-corrected chi connectivity index (χ4v) is 3.07. The molecule has 3 aromatic rings. The third-order valence-corrected chi connectivity index (χ3v) is 4.04. The lowest BCUT2D eigenvalue weighted by molar-refractivity contribution is 0.420. The van der Waals surface area contributed by atoms with Gasteiger partial charge in [0.05, 0.1) is 5.92 Å². The number of hydrogen-bond acceptors (Lipinski definition) is 3. The molecule has 4 nitrogen and oxygen atoms in total. The number of benzene rings is 2. The minimum atomic E-state index is -0.233. The van der Waals surface area contributed by atoms with Gasteiger partial charge in [0.2, 0.25) is 5.88 Å². The molecule has 3 N–H and O–H groups in total. The highest BCUT2D eigenvalue weighted by Crippen LogP contribution is 2.42. The number of nitrogens with two attached hydrogens (primary N) is 1. The van der Waals surface area contributed by atoms with E-state index in [1.54, 1.807) is 0 Å². The zero-order valence-corrected chi connectivity index (χ0v) is 11.7. The zero-order chi connectivity index (χ0) is 15.1. The van der Waals surface area contributed by atoms with Crippen molar-refractivity contribution in [1.82, 2.24) is 4.98 Å². The van der Waals surface area contributed by atoms with E-state index in [0.717, 1.165) is 22.0 Å². The van der Waals surface area contributed by atoms with Gasteiger partial charge in [-0.15, -0.1) is 0 Å². The smallest absolute Gasteiger partial charge is 0.205 e. The second-order valence-corrected chi connectivity index (χ2v) is 5.26. The van der Waals surface area contributed by atoms with Crippen molar-refractivity contribution >= 4 is 10.9 Å². The number of aromatic amines is 1. The van der Waals surface area contributed by atoms with Crippen LogP contribution in [0.3, 0.4) is 0 Å². The van der Waals surface area contributed by atoms with Crippen molar-refractivity contribution in [1.29, 1.82) is 5.26 Å². The number of hydrogen-bond donors (Lipinski definition) is 2. The Hall–Kier alpha value is -3.19. The summed E-state index contributed by atoms with van der Waals surface area (Å²) in [5.41, 5.74) is 9.49. The van der Waals surface area contributed by atoms with Gasteiger partial charge in [-0.3, -0.25) is 0 Å².